The summed E-state index contributed by atoms with van der Waals surface area (Å²) in [6.45, 7) is 6.75. The normalized spacial score (nSPS) is 10.1. The van der Waals surface area contributed by atoms with E-state index in [0.29, 0.717) is 0 Å². The van der Waals surface area contributed by atoms with Crippen LogP contribution < -0.4 is 4.74 Å². The van der Waals surface area contributed by atoms with Gasteiger partial charge < -0.3 is 4.74 Å². The zero-order valence-electron chi connectivity index (χ0n) is 9.67. The van der Waals surface area contributed by atoms with Crippen LogP contribution in [0.5, 0.6) is 5.75 Å². The van der Waals surface area contributed by atoms with Gasteiger partial charge in [-0.15, -0.1) is 0 Å². The molecule has 0 aliphatic rings. The van der Waals surface area contributed by atoms with Crippen LogP contribution in [0.25, 0.3) is 0 Å². The van der Waals surface area contributed by atoms with Crippen molar-refractivity contribution in [2.75, 3.05) is 6.61 Å². The zero-order chi connectivity index (χ0) is 11.3. The molecule has 1 aromatic rings. The quantitative estimate of drug-likeness (QED) is 0.546. The molecule has 0 saturated heterocycles. The molecule has 1 aromatic carbocycles. The molecule has 0 bridgehead atoms. The van der Waals surface area contributed by atoms with E-state index in [1.807, 2.05) is 26.0 Å². The fraction of sp³-hybridized carbons (Fsp3) is 0.462. The number of aldehydes is 1. The number of carbonyl (C=O) groups excluding carboxylic acids is 1. The van der Waals surface area contributed by atoms with Gasteiger partial charge in [0, 0.05) is 5.56 Å². The number of hydrogen-bond donors (Lipinski definition) is 0. The van der Waals surface area contributed by atoms with Gasteiger partial charge in [-0.1, -0.05) is 13.3 Å². The van der Waals surface area contributed by atoms with Crippen LogP contribution >= 0.6 is 0 Å². The van der Waals surface area contributed by atoms with Crippen molar-refractivity contribution in [1.82, 2.24) is 0 Å². The highest BCUT2D eigenvalue weighted by atomic mass is 16.5. The Bertz CT molecular complexity index is 319. The zero-order valence-corrected chi connectivity index (χ0v) is 9.67. The molecule has 82 valence electrons. The minimum Gasteiger partial charge on any atom is -0.494 e. The van der Waals surface area contributed by atoms with Crippen LogP contribution in [0.4, 0.5) is 0 Å². The highest BCUT2D eigenvalue weighted by Crippen LogP contribution is 2.20. The first kappa shape index (κ1) is 11.8. The number of ether oxygens (including phenoxy) is 1. The lowest BCUT2D eigenvalue weighted by Gasteiger charge is -2.09. The van der Waals surface area contributed by atoms with Gasteiger partial charge in [0.1, 0.15) is 5.75 Å². The molecule has 0 aliphatic carbocycles. The Morgan fingerprint density at radius 2 is 1.87 bits per heavy atom. The van der Waals surface area contributed by atoms with Crippen LogP contribution in [0.2, 0.25) is 0 Å². The molecule has 0 N–H and O–H groups in total. The van der Waals surface area contributed by atoms with Gasteiger partial charge in [0.2, 0.25) is 0 Å². The van der Waals surface area contributed by atoms with Crippen LogP contribution in [0.15, 0.2) is 12.1 Å². The van der Waals surface area contributed by atoms with Gasteiger partial charge in [-0.05, 0) is 43.5 Å². The molecule has 1 rings (SSSR count). The first-order chi connectivity index (χ1) is 7.19. The summed E-state index contributed by atoms with van der Waals surface area (Å²) in [6, 6.07) is 3.85. The molecule has 0 spiro atoms. The third-order valence-corrected chi connectivity index (χ3v) is 2.45. The van der Waals surface area contributed by atoms with Gasteiger partial charge in [0.15, 0.2) is 6.29 Å². The van der Waals surface area contributed by atoms with Crippen molar-refractivity contribution in [2.24, 2.45) is 0 Å². The lowest BCUT2D eigenvalue weighted by Crippen LogP contribution is -1.99. The third-order valence-electron chi connectivity index (χ3n) is 2.45. The van der Waals surface area contributed by atoms with Crippen molar-refractivity contribution in [2.45, 2.75) is 33.6 Å². The fourth-order valence-electron chi connectivity index (χ4n) is 1.54. The first-order valence-corrected chi connectivity index (χ1v) is 5.38. The fourth-order valence-corrected chi connectivity index (χ4v) is 1.54. The lowest BCUT2D eigenvalue weighted by atomic mass is 10.0. The van der Waals surface area contributed by atoms with Crippen LogP contribution in [-0.2, 0) is 0 Å². The molecule has 0 radical (unpaired) electrons. The summed E-state index contributed by atoms with van der Waals surface area (Å²) < 4.78 is 5.59. The Morgan fingerprint density at radius 3 is 2.33 bits per heavy atom. The molecule has 2 heteroatoms. The Labute approximate surface area is 91.3 Å². The molecular formula is C13H18O2. The number of hydrogen-bond acceptors (Lipinski definition) is 2. The van der Waals surface area contributed by atoms with Crippen LogP contribution in [-0.4, -0.2) is 12.9 Å². The molecule has 0 unspecified atom stereocenters. The largest absolute Gasteiger partial charge is 0.494 e. The van der Waals surface area contributed by atoms with Gasteiger partial charge in [0.05, 0.1) is 6.61 Å². The molecule has 0 saturated carbocycles. The number of rotatable bonds is 5. The van der Waals surface area contributed by atoms with Crippen molar-refractivity contribution in [3.8, 4) is 5.75 Å². The molecule has 0 heterocycles. The number of unbranched alkanes of at least 4 members (excludes halogenated alkanes) is 1. The average molecular weight is 206 g/mol. The predicted molar refractivity (Wildman–Crippen MR) is 61.7 cm³/mol. The lowest BCUT2D eigenvalue weighted by molar-refractivity contribution is 0.112. The number of aryl methyl sites for hydroxylation is 2. The van der Waals surface area contributed by atoms with Crippen LogP contribution in [0, 0.1) is 13.8 Å². The molecular weight excluding hydrogens is 188 g/mol. The average Bonchev–Trinajstić information content (AvgIpc) is 2.18. The van der Waals surface area contributed by atoms with E-state index in [2.05, 4.69) is 6.92 Å². The second-order valence-corrected chi connectivity index (χ2v) is 3.79. The SMILES string of the molecule is CCCCOc1cc(C)c(C=O)c(C)c1. The molecule has 15 heavy (non-hydrogen) atoms. The van der Waals surface area contributed by atoms with Crippen molar-refractivity contribution in [1.29, 1.82) is 0 Å². The minimum atomic E-state index is 0.746. The van der Waals surface area contributed by atoms with Gasteiger partial charge >= 0.3 is 0 Å². The first-order valence-electron chi connectivity index (χ1n) is 5.38. The molecule has 0 aromatic heterocycles. The van der Waals surface area contributed by atoms with Crippen LogP contribution in [0.1, 0.15) is 41.3 Å². The molecule has 0 atom stereocenters. The number of carbonyl (C=O) groups is 1. The topological polar surface area (TPSA) is 26.3 Å². The monoisotopic (exact) mass is 206 g/mol. The summed E-state index contributed by atoms with van der Waals surface area (Å²) >= 11 is 0. The van der Waals surface area contributed by atoms with E-state index in [0.717, 1.165) is 48.2 Å². The van der Waals surface area contributed by atoms with Gasteiger partial charge in [-0.3, -0.25) is 4.79 Å². The molecule has 0 fully saturated rings. The Kier molecular flexibility index (Phi) is 4.35. The highest BCUT2D eigenvalue weighted by Gasteiger charge is 2.04. The molecule has 2 nitrogen and oxygen atoms in total. The van der Waals surface area contributed by atoms with E-state index in [1.54, 1.807) is 0 Å². The summed E-state index contributed by atoms with van der Waals surface area (Å²) in [4.78, 5) is 10.8. The van der Waals surface area contributed by atoms with E-state index < -0.39 is 0 Å². The van der Waals surface area contributed by atoms with E-state index in [4.69, 9.17) is 4.74 Å². The Balaban J connectivity index is 2.79. The Hall–Kier alpha value is -1.31. The van der Waals surface area contributed by atoms with Gasteiger partial charge in [0.25, 0.3) is 0 Å². The van der Waals surface area contributed by atoms with Crippen LogP contribution in [0.3, 0.4) is 0 Å². The number of benzene rings is 1. The smallest absolute Gasteiger partial charge is 0.150 e. The van der Waals surface area contributed by atoms with Crippen molar-refractivity contribution in [3.05, 3.63) is 28.8 Å². The van der Waals surface area contributed by atoms with E-state index in [-0.39, 0.29) is 0 Å². The van der Waals surface area contributed by atoms with Crippen molar-refractivity contribution < 1.29 is 9.53 Å². The van der Waals surface area contributed by atoms with E-state index in [1.165, 1.54) is 0 Å². The maximum absolute atomic E-state index is 10.8. The maximum atomic E-state index is 10.8. The second-order valence-electron chi connectivity index (χ2n) is 3.79. The summed E-state index contributed by atoms with van der Waals surface area (Å²) in [5, 5.41) is 0. The van der Waals surface area contributed by atoms with E-state index >= 15 is 0 Å². The highest BCUT2D eigenvalue weighted by molar-refractivity contribution is 5.80. The van der Waals surface area contributed by atoms with Crippen molar-refractivity contribution in [3.63, 3.8) is 0 Å². The predicted octanol–water partition coefficient (Wildman–Crippen LogP) is 3.29. The minimum absolute atomic E-state index is 0.746. The standard InChI is InChI=1S/C13H18O2/c1-4-5-6-15-12-7-10(2)13(9-14)11(3)8-12/h7-9H,4-6H2,1-3H3. The van der Waals surface area contributed by atoms with E-state index in [9.17, 15) is 4.79 Å². The maximum Gasteiger partial charge on any atom is 0.150 e. The van der Waals surface area contributed by atoms with Gasteiger partial charge in [-0.25, -0.2) is 0 Å². The summed E-state index contributed by atoms with van der Waals surface area (Å²) in [6.07, 6.45) is 3.10. The Morgan fingerprint density at radius 1 is 1.27 bits per heavy atom. The summed E-state index contributed by atoms with van der Waals surface area (Å²) in [5.74, 6) is 0.865. The van der Waals surface area contributed by atoms with Gasteiger partial charge in [-0.2, -0.15) is 0 Å². The van der Waals surface area contributed by atoms with Crippen molar-refractivity contribution >= 4 is 6.29 Å². The molecule has 0 amide bonds. The third kappa shape index (κ3) is 3.08. The summed E-state index contributed by atoms with van der Waals surface area (Å²) in [5.41, 5.74) is 2.74. The molecule has 0 aliphatic heterocycles. The summed E-state index contributed by atoms with van der Waals surface area (Å²) in [7, 11) is 0. The second kappa shape index (κ2) is 5.54.